The number of carbonyl (C=O) groups is 1. The second-order valence-corrected chi connectivity index (χ2v) is 6.27. The molecule has 1 amide bonds. The highest BCUT2D eigenvalue weighted by Gasteiger charge is 2.44. The molecule has 1 aliphatic carbocycles. The van der Waals surface area contributed by atoms with Crippen LogP contribution in [0.1, 0.15) is 28.8 Å². The van der Waals surface area contributed by atoms with Gasteiger partial charge in [-0.2, -0.15) is 0 Å². The second-order valence-electron chi connectivity index (χ2n) is 5.46. The van der Waals surface area contributed by atoms with Crippen molar-refractivity contribution >= 4 is 29.1 Å². The van der Waals surface area contributed by atoms with Crippen molar-refractivity contribution in [1.82, 2.24) is 5.32 Å². The first kappa shape index (κ1) is 14.4. The Bertz CT molecular complexity index is 666. The Morgan fingerprint density at radius 2 is 1.76 bits per heavy atom. The van der Waals surface area contributed by atoms with E-state index < -0.39 is 0 Å². The summed E-state index contributed by atoms with van der Waals surface area (Å²) < 4.78 is 0. The average molecular weight is 320 g/mol. The quantitative estimate of drug-likeness (QED) is 0.886. The number of hydrogen-bond donors (Lipinski definition) is 1. The van der Waals surface area contributed by atoms with E-state index in [4.69, 9.17) is 23.2 Å². The van der Waals surface area contributed by atoms with Gasteiger partial charge in [0.25, 0.3) is 5.91 Å². The summed E-state index contributed by atoms with van der Waals surface area (Å²) in [6.07, 6.45) is 2.22. The van der Waals surface area contributed by atoms with Gasteiger partial charge in [0.15, 0.2) is 0 Å². The lowest BCUT2D eigenvalue weighted by Crippen LogP contribution is -2.32. The molecule has 0 aromatic heterocycles. The molecule has 0 saturated heterocycles. The highest BCUT2D eigenvalue weighted by Crippen LogP contribution is 2.47. The van der Waals surface area contributed by atoms with Gasteiger partial charge in [0.05, 0.1) is 10.0 Å². The fraction of sp³-hybridized carbons (Fsp3) is 0.235. The predicted molar refractivity (Wildman–Crippen MR) is 86.1 cm³/mol. The van der Waals surface area contributed by atoms with Gasteiger partial charge >= 0.3 is 0 Å². The largest absolute Gasteiger partial charge is 0.351 e. The van der Waals surface area contributed by atoms with Gasteiger partial charge in [-0.15, -0.1) is 0 Å². The van der Waals surface area contributed by atoms with Gasteiger partial charge in [-0.05, 0) is 36.6 Å². The zero-order valence-electron chi connectivity index (χ0n) is 11.4. The van der Waals surface area contributed by atoms with Crippen LogP contribution in [-0.4, -0.2) is 12.5 Å². The summed E-state index contributed by atoms with van der Waals surface area (Å²) >= 11 is 11.8. The zero-order valence-corrected chi connectivity index (χ0v) is 12.9. The summed E-state index contributed by atoms with van der Waals surface area (Å²) in [6.45, 7) is 0.649. The van der Waals surface area contributed by atoms with Crippen molar-refractivity contribution in [3.63, 3.8) is 0 Å². The van der Waals surface area contributed by atoms with Crippen LogP contribution in [0, 0.1) is 0 Å². The molecule has 3 rings (SSSR count). The Morgan fingerprint density at radius 3 is 2.38 bits per heavy atom. The first-order valence-corrected chi connectivity index (χ1v) is 7.65. The summed E-state index contributed by atoms with van der Waals surface area (Å²) in [4.78, 5) is 12.2. The molecule has 21 heavy (non-hydrogen) atoms. The minimum absolute atomic E-state index is 0.104. The average Bonchev–Trinajstić information content (AvgIpc) is 3.30. The van der Waals surface area contributed by atoms with Gasteiger partial charge in [-0.3, -0.25) is 4.79 Å². The first-order valence-electron chi connectivity index (χ1n) is 6.90. The third kappa shape index (κ3) is 3.07. The Labute approximate surface area is 134 Å². The molecule has 0 aliphatic heterocycles. The van der Waals surface area contributed by atoms with Gasteiger partial charge in [-0.1, -0.05) is 53.5 Å². The van der Waals surface area contributed by atoms with E-state index in [2.05, 4.69) is 17.4 Å². The van der Waals surface area contributed by atoms with E-state index in [0.717, 1.165) is 12.8 Å². The molecule has 108 valence electrons. The molecule has 2 nitrogen and oxygen atoms in total. The van der Waals surface area contributed by atoms with Crippen LogP contribution in [0.4, 0.5) is 0 Å². The maximum absolute atomic E-state index is 12.2. The monoisotopic (exact) mass is 319 g/mol. The lowest BCUT2D eigenvalue weighted by atomic mass is 9.96. The number of nitrogens with one attached hydrogen (secondary N) is 1. The third-order valence-corrected chi connectivity index (χ3v) is 4.75. The van der Waals surface area contributed by atoms with Crippen molar-refractivity contribution < 1.29 is 4.79 Å². The van der Waals surface area contributed by atoms with Crippen molar-refractivity contribution in [1.29, 1.82) is 0 Å². The fourth-order valence-electron chi connectivity index (χ4n) is 2.50. The van der Waals surface area contributed by atoms with Crippen molar-refractivity contribution in [3.8, 4) is 0 Å². The van der Waals surface area contributed by atoms with Crippen LogP contribution in [0.3, 0.4) is 0 Å². The lowest BCUT2D eigenvalue weighted by molar-refractivity contribution is 0.0949. The van der Waals surface area contributed by atoms with Gasteiger partial charge in [0.2, 0.25) is 0 Å². The Morgan fingerprint density at radius 1 is 1.05 bits per heavy atom. The van der Waals surface area contributed by atoms with Crippen LogP contribution in [-0.2, 0) is 5.41 Å². The normalized spacial score (nSPS) is 15.5. The second kappa shape index (κ2) is 5.70. The molecule has 1 aliphatic rings. The summed E-state index contributed by atoms with van der Waals surface area (Å²) in [7, 11) is 0. The summed E-state index contributed by atoms with van der Waals surface area (Å²) in [5.74, 6) is -0.115. The summed E-state index contributed by atoms with van der Waals surface area (Å²) in [5, 5.41) is 3.86. The van der Waals surface area contributed by atoms with Crippen molar-refractivity contribution in [2.24, 2.45) is 0 Å². The van der Waals surface area contributed by atoms with E-state index >= 15 is 0 Å². The molecule has 0 atom stereocenters. The molecule has 2 aromatic carbocycles. The van der Waals surface area contributed by atoms with E-state index in [1.165, 1.54) is 5.56 Å². The number of hydrogen-bond acceptors (Lipinski definition) is 1. The maximum Gasteiger partial charge on any atom is 0.251 e. The number of rotatable bonds is 4. The molecule has 1 N–H and O–H groups in total. The number of amides is 1. The minimum Gasteiger partial charge on any atom is -0.351 e. The fourth-order valence-corrected chi connectivity index (χ4v) is 2.80. The number of carbonyl (C=O) groups excluding carboxylic acids is 1. The van der Waals surface area contributed by atoms with E-state index in [9.17, 15) is 4.79 Å². The smallest absolute Gasteiger partial charge is 0.251 e. The highest BCUT2D eigenvalue weighted by atomic mass is 35.5. The van der Waals surface area contributed by atoms with E-state index in [-0.39, 0.29) is 11.3 Å². The molecule has 4 heteroatoms. The van der Waals surface area contributed by atoms with Crippen molar-refractivity contribution in [3.05, 3.63) is 69.7 Å². The standard InChI is InChI=1S/C17H15Cl2NO/c18-14-7-6-12(10-15(14)19)16(21)20-11-17(8-9-17)13-4-2-1-3-5-13/h1-7,10H,8-9,11H2,(H,20,21). The lowest BCUT2D eigenvalue weighted by Gasteiger charge is -2.16. The molecular formula is C17H15Cl2NO. The zero-order chi connectivity index (χ0) is 14.9. The van der Waals surface area contributed by atoms with Crippen LogP contribution in [0.5, 0.6) is 0 Å². The molecule has 0 heterocycles. The van der Waals surface area contributed by atoms with Gasteiger partial charge in [0.1, 0.15) is 0 Å². The molecule has 0 radical (unpaired) electrons. The third-order valence-electron chi connectivity index (χ3n) is 4.01. The van der Waals surface area contributed by atoms with Crippen molar-refractivity contribution in [2.45, 2.75) is 18.3 Å². The highest BCUT2D eigenvalue weighted by molar-refractivity contribution is 6.42. The van der Waals surface area contributed by atoms with Crippen LogP contribution >= 0.6 is 23.2 Å². The topological polar surface area (TPSA) is 29.1 Å². The minimum atomic E-state index is -0.115. The molecule has 0 spiro atoms. The van der Waals surface area contributed by atoms with E-state index in [1.807, 2.05) is 18.2 Å². The molecule has 0 bridgehead atoms. The SMILES string of the molecule is O=C(NCC1(c2ccccc2)CC1)c1ccc(Cl)c(Cl)c1. The maximum atomic E-state index is 12.2. The molecule has 1 saturated carbocycles. The molecule has 0 unspecified atom stereocenters. The van der Waals surface area contributed by atoms with Crippen LogP contribution in [0.15, 0.2) is 48.5 Å². The van der Waals surface area contributed by atoms with Gasteiger partial charge in [0, 0.05) is 17.5 Å². The van der Waals surface area contributed by atoms with Crippen LogP contribution < -0.4 is 5.32 Å². The number of halogens is 2. The first-order chi connectivity index (χ1) is 10.1. The van der Waals surface area contributed by atoms with E-state index in [1.54, 1.807) is 18.2 Å². The summed E-state index contributed by atoms with van der Waals surface area (Å²) in [5.41, 5.74) is 1.93. The summed E-state index contributed by atoms with van der Waals surface area (Å²) in [6, 6.07) is 15.3. The Hall–Kier alpha value is -1.51. The Kier molecular flexibility index (Phi) is 3.92. The predicted octanol–water partition coefficient (Wildman–Crippen LogP) is 4.46. The molecular weight excluding hydrogens is 305 g/mol. The van der Waals surface area contributed by atoms with Gasteiger partial charge in [-0.25, -0.2) is 0 Å². The molecule has 2 aromatic rings. The van der Waals surface area contributed by atoms with E-state index in [0.29, 0.717) is 22.2 Å². The Balaban J connectivity index is 1.68. The van der Waals surface area contributed by atoms with Gasteiger partial charge < -0.3 is 5.32 Å². The molecule has 1 fully saturated rings. The van der Waals surface area contributed by atoms with Crippen LogP contribution in [0.2, 0.25) is 10.0 Å². The number of benzene rings is 2. The van der Waals surface area contributed by atoms with Crippen molar-refractivity contribution in [2.75, 3.05) is 6.54 Å². The van der Waals surface area contributed by atoms with Crippen LogP contribution in [0.25, 0.3) is 0 Å².